The van der Waals surface area contributed by atoms with Crippen LogP contribution in [0.15, 0.2) is 34.4 Å². The Bertz CT molecular complexity index is 841. The zero-order valence-electron chi connectivity index (χ0n) is 14.4. The second-order valence-electron chi connectivity index (χ2n) is 6.41. The maximum atomic E-state index is 5.33. The topological polar surface area (TPSA) is 67.1 Å². The highest BCUT2D eigenvalue weighted by Crippen LogP contribution is 2.35. The van der Waals surface area contributed by atoms with E-state index in [9.17, 15) is 0 Å². The first-order valence-corrected chi connectivity index (χ1v) is 9.35. The molecule has 1 aliphatic rings. The first kappa shape index (κ1) is 16.2. The highest BCUT2D eigenvalue weighted by atomic mass is 32.1. The number of oxazole rings is 1. The molecule has 1 fully saturated rings. The van der Waals surface area contributed by atoms with Crippen molar-refractivity contribution in [2.75, 3.05) is 11.9 Å². The van der Waals surface area contributed by atoms with E-state index in [2.05, 4.69) is 25.6 Å². The van der Waals surface area contributed by atoms with Gasteiger partial charge in [0.1, 0.15) is 12.1 Å². The van der Waals surface area contributed by atoms with Crippen molar-refractivity contribution in [1.29, 1.82) is 0 Å². The number of aromatic nitrogens is 3. The molecule has 0 spiro atoms. The van der Waals surface area contributed by atoms with Crippen LogP contribution in [0.1, 0.15) is 41.7 Å². The quantitative estimate of drug-likeness (QED) is 0.739. The minimum Gasteiger partial charge on any atom is -0.449 e. The molecule has 3 aromatic heterocycles. The van der Waals surface area contributed by atoms with Gasteiger partial charge in [0.2, 0.25) is 0 Å². The number of aryl methyl sites for hydroxylation is 2. The summed E-state index contributed by atoms with van der Waals surface area (Å²) in [6, 6.07) is 4.36. The first-order valence-electron chi connectivity index (χ1n) is 8.47. The Hall–Kier alpha value is -2.25. The van der Waals surface area contributed by atoms with Gasteiger partial charge >= 0.3 is 0 Å². The molecule has 6 nitrogen and oxygen atoms in total. The molecule has 4 rings (SSSR count). The van der Waals surface area contributed by atoms with E-state index in [0.717, 1.165) is 53.3 Å². The molecule has 1 atom stereocenters. The fraction of sp³-hybridized carbons (Fsp3) is 0.389. The van der Waals surface area contributed by atoms with Gasteiger partial charge in [-0.3, -0.25) is 4.90 Å². The van der Waals surface area contributed by atoms with Crippen LogP contribution in [0.4, 0.5) is 10.9 Å². The molecule has 1 saturated heterocycles. The average Bonchev–Trinajstić information content (AvgIpc) is 3.32. The van der Waals surface area contributed by atoms with Crippen LogP contribution in [0.3, 0.4) is 0 Å². The standard InChI is InChI=1S/C18H21N5OS/c1-12-5-6-17(19-8-12)22-18-21-15(11-25-18)16-4-3-7-23(16)9-14-10-24-13(2)20-14/h5-6,8,10-11,16H,3-4,7,9H2,1-2H3,(H,19,21,22). The second-order valence-corrected chi connectivity index (χ2v) is 7.27. The molecule has 3 aromatic rings. The van der Waals surface area contributed by atoms with Gasteiger partial charge in [0, 0.05) is 25.0 Å². The highest BCUT2D eigenvalue weighted by molar-refractivity contribution is 7.13. The summed E-state index contributed by atoms with van der Waals surface area (Å²) in [6.07, 6.45) is 5.92. The summed E-state index contributed by atoms with van der Waals surface area (Å²) in [5.74, 6) is 1.55. The van der Waals surface area contributed by atoms with Crippen molar-refractivity contribution in [3.05, 3.63) is 52.8 Å². The minimum absolute atomic E-state index is 0.342. The van der Waals surface area contributed by atoms with E-state index in [-0.39, 0.29) is 0 Å². The van der Waals surface area contributed by atoms with E-state index in [4.69, 9.17) is 9.40 Å². The van der Waals surface area contributed by atoms with Crippen molar-refractivity contribution in [3.8, 4) is 0 Å². The van der Waals surface area contributed by atoms with Crippen molar-refractivity contribution < 1.29 is 4.42 Å². The third-order valence-electron chi connectivity index (χ3n) is 4.41. The zero-order valence-corrected chi connectivity index (χ0v) is 15.2. The van der Waals surface area contributed by atoms with E-state index in [1.54, 1.807) is 17.6 Å². The fourth-order valence-electron chi connectivity index (χ4n) is 3.19. The number of likely N-dealkylation sites (tertiary alicyclic amines) is 1. The summed E-state index contributed by atoms with van der Waals surface area (Å²) in [4.78, 5) is 16.0. The highest BCUT2D eigenvalue weighted by Gasteiger charge is 2.28. The Balaban J connectivity index is 1.45. The van der Waals surface area contributed by atoms with Gasteiger partial charge < -0.3 is 9.73 Å². The maximum Gasteiger partial charge on any atom is 0.191 e. The van der Waals surface area contributed by atoms with E-state index < -0.39 is 0 Å². The number of hydrogen-bond donors (Lipinski definition) is 1. The Labute approximate surface area is 150 Å². The van der Waals surface area contributed by atoms with Crippen molar-refractivity contribution in [2.24, 2.45) is 0 Å². The lowest BCUT2D eigenvalue weighted by atomic mass is 10.1. The normalized spacial score (nSPS) is 17.9. The molecule has 0 amide bonds. The van der Waals surface area contributed by atoms with Crippen LogP contribution < -0.4 is 5.32 Å². The van der Waals surface area contributed by atoms with Gasteiger partial charge in [0.05, 0.1) is 17.4 Å². The smallest absolute Gasteiger partial charge is 0.191 e. The molecule has 1 N–H and O–H groups in total. The van der Waals surface area contributed by atoms with Gasteiger partial charge in [-0.2, -0.15) is 0 Å². The molecular formula is C18H21N5OS. The molecule has 1 unspecified atom stereocenters. The number of hydrogen-bond acceptors (Lipinski definition) is 7. The monoisotopic (exact) mass is 355 g/mol. The fourth-order valence-corrected chi connectivity index (χ4v) is 3.95. The van der Waals surface area contributed by atoms with Crippen molar-refractivity contribution in [2.45, 2.75) is 39.3 Å². The lowest BCUT2D eigenvalue weighted by Crippen LogP contribution is -2.23. The van der Waals surface area contributed by atoms with Gasteiger partial charge in [0.15, 0.2) is 11.0 Å². The molecule has 7 heteroatoms. The number of thiazole rings is 1. The maximum absolute atomic E-state index is 5.33. The molecule has 0 aromatic carbocycles. The van der Waals surface area contributed by atoms with E-state index in [1.807, 2.05) is 32.2 Å². The summed E-state index contributed by atoms with van der Waals surface area (Å²) in [7, 11) is 0. The van der Waals surface area contributed by atoms with Gasteiger partial charge in [-0.05, 0) is 37.9 Å². The van der Waals surface area contributed by atoms with Crippen LogP contribution in [-0.2, 0) is 6.54 Å². The van der Waals surface area contributed by atoms with Crippen LogP contribution in [0.5, 0.6) is 0 Å². The lowest BCUT2D eigenvalue weighted by molar-refractivity contribution is 0.242. The summed E-state index contributed by atoms with van der Waals surface area (Å²) in [5, 5.41) is 6.32. The summed E-state index contributed by atoms with van der Waals surface area (Å²) >= 11 is 1.62. The van der Waals surface area contributed by atoms with Crippen LogP contribution in [0.25, 0.3) is 0 Å². The Morgan fingerprint density at radius 1 is 1.32 bits per heavy atom. The summed E-state index contributed by atoms with van der Waals surface area (Å²) in [5.41, 5.74) is 3.26. The number of nitrogens with zero attached hydrogens (tertiary/aromatic N) is 4. The van der Waals surface area contributed by atoms with Crippen LogP contribution >= 0.6 is 11.3 Å². The molecule has 0 saturated carbocycles. The average molecular weight is 355 g/mol. The summed E-state index contributed by atoms with van der Waals surface area (Å²) in [6.45, 7) is 5.78. The predicted molar refractivity (Wildman–Crippen MR) is 98.0 cm³/mol. The lowest BCUT2D eigenvalue weighted by Gasteiger charge is -2.21. The number of rotatable bonds is 5. The minimum atomic E-state index is 0.342. The molecular weight excluding hydrogens is 334 g/mol. The molecule has 0 aliphatic carbocycles. The number of nitrogens with one attached hydrogen (secondary N) is 1. The van der Waals surface area contributed by atoms with E-state index in [1.165, 1.54) is 6.42 Å². The Morgan fingerprint density at radius 2 is 2.24 bits per heavy atom. The van der Waals surface area contributed by atoms with E-state index in [0.29, 0.717) is 6.04 Å². The first-order chi connectivity index (χ1) is 12.2. The molecule has 25 heavy (non-hydrogen) atoms. The van der Waals surface area contributed by atoms with Crippen molar-refractivity contribution in [3.63, 3.8) is 0 Å². The third-order valence-corrected chi connectivity index (χ3v) is 5.18. The molecule has 0 radical (unpaired) electrons. The number of anilines is 2. The number of pyridine rings is 1. The van der Waals surface area contributed by atoms with Gasteiger partial charge in [-0.1, -0.05) is 6.07 Å². The van der Waals surface area contributed by atoms with Gasteiger partial charge in [-0.25, -0.2) is 15.0 Å². The Kier molecular flexibility index (Phi) is 4.50. The zero-order chi connectivity index (χ0) is 17.2. The molecule has 4 heterocycles. The Morgan fingerprint density at radius 3 is 3.00 bits per heavy atom. The van der Waals surface area contributed by atoms with Crippen molar-refractivity contribution >= 4 is 22.3 Å². The van der Waals surface area contributed by atoms with Crippen LogP contribution in [-0.4, -0.2) is 26.4 Å². The molecule has 130 valence electrons. The molecule has 0 bridgehead atoms. The third kappa shape index (κ3) is 3.72. The SMILES string of the molecule is Cc1ccc(Nc2nc(C3CCCN3Cc3coc(C)n3)cs2)nc1. The predicted octanol–water partition coefficient (Wildman–Crippen LogP) is 4.22. The van der Waals surface area contributed by atoms with E-state index >= 15 is 0 Å². The van der Waals surface area contributed by atoms with Gasteiger partial charge in [0.25, 0.3) is 0 Å². The summed E-state index contributed by atoms with van der Waals surface area (Å²) < 4.78 is 5.33. The molecule has 1 aliphatic heterocycles. The largest absolute Gasteiger partial charge is 0.449 e. The second kappa shape index (κ2) is 6.93. The van der Waals surface area contributed by atoms with Crippen LogP contribution in [0.2, 0.25) is 0 Å². The van der Waals surface area contributed by atoms with Gasteiger partial charge in [-0.15, -0.1) is 11.3 Å². The van der Waals surface area contributed by atoms with Crippen LogP contribution in [0, 0.1) is 13.8 Å². The van der Waals surface area contributed by atoms with Crippen molar-refractivity contribution in [1.82, 2.24) is 19.9 Å².